The van der Waals surface area contributed by atoms with Crippen molar-refractivity contribution < 1.29 is 8.42 Å². The van der Waals surface area contributed by atoms with Gasteiger partial charge in [-0.05, 0) is 18.2 Å². The van der Waals surface area contributed by atoms with Crippen LogP contribution in [0.25, 0.3) is 0 Å². The number of rotatable bonds is 6. The third-order valence-electron chi connectivity index (χ3n) is 3.93. The van der Waals surface area contributed by atoms with Crippen LogP contribution in [0, 0.1) is 11.3 Å². The fourth-order valence-electron chi connectivity index (χ4n) is 2.38. The Balaban J connectivity index is 2.24. The number of hydrogen-bond acceptors (Lipinski definition) is 6. The maximum Gasteiger partial charge on any atom is 0.332 e. The highest BCUT2D eigenvalue weighted by atomic mass is 32.2. The summed E-state index contributed by atoms with van der Waals surface area (Å²) < 4.78 is 27.4. The molecule has 26 heavy (non-hydrogen) atoms. The number of sulfonamides is 1. The van der Waals surface area contributed by atoms with Gasteiger partial charge in [-0.2, -0.15) is 5.26 Å². The van der Waals surface area contributed by atoms with Crippen LogP contribution in [0.5, 0.6) is 0 Å². The summed E-state index contributed by atoms with van der Waals surface area (Å²) in [6.07, 6.45) is 0. The first kappa shape index (κ1) is 19.4. The van der Waals surface area contributed by atoms with E-state index in [9.17, 15) is 23.3 Å². The molecule has 1 heterocycles. The molecule has 1 aromatic heterocycles. The zero-order valence-corrected chi connectivity index (χ0v) is 15.4. The van der Waals surface area contributed by atoms with Crippen LogP contribution >= 0.6 is 0 Å². The Bertz CT molecular complexity index is 1080. The molecule has 0 aliphatic rings. The number of nitrogens with one attached hydrogen (secondary N) is 2. The summed E-state index contributed by atoms with van der Waals surface area (Å²) in [6, 6.07) is 8.65. The SMILES string of the molecule is CNS(=O)(=O)Cc1ccc(CNc2c(C#N)c(=O)n(C)c(=O)n2C)cc1. The van der Waals surface area contributed by atoms with E-state index in [4.69, 9.17) is 0 Å². The summed E-state index contributed by atoms with van der Waals surface area (Å²) in [4.78, 5) is 24.0. The van der Waals surface area contributed by atoms with Crippen LogP contribution in [0.15, 0.2) is 33.9 Å². The fourth-order valence-corrected chi connectivity index (χ4v) is 3.16. The van der Waals surface area contributed by atoms with E-state index in [-0.39, 0.29) is 23.7 Å². The predicted molar refractivity (Wildman–Crippen MR) is 97.1 cm³/mol. The van der Waals surface area contributed by atoms with Crippen molar-refractivity contribution in [3.8, 4) is 6.07 Å². The molecular weight excluding hydrogens is 358 g/mol. The van der Waals surface area contributed by atoms with E-state index >= 15 is 0 Å². The number of anilines is 1. The highest BCUT2D eigenvalue weighted by Crippen LogP contribution is 2.12. The maximum absolute atomic E-state index is 12.0. The molecule has 0 unspecified atom stereocenters. The first-order valence-corrected chi connectivity index (χ1v) is 9.28. The van der Waals surface area contributed by atoms with Crippen molar-refractivity contribution in [3.63, 3.8) is 0 Å². The lowest BCUT2D eigenvalue weighted by molar-refractivity contribution is 0.587. The Kier molecular flexibility index (Phi) is 5.64. The second-order valence-electron chi connectivity index (χ2n) is 5.67. The average Bonchev–Trinajstić information content (AvgIpc) is 2.62. The van der Waals surface area contributed by atoms with Gasteiger partial charge in [0, 0.05) is 20.6 Å². The first-order valence-electron chi connectivity index (χ1n) is 7.63. The van der Waals surface area contributed by atoms with Crippen molar-refractivity contribution in [2.45, 2.75) is 12.3 Å². The van der Waals surface area contributed by atoms with Crippen molar-refractivity contribution >= 4 is 15.8 Å². The summed E-state index contributed by atoms with van der Waals surface area (Å²) in [5, 5.41) is 12.2. The van der Waals surface area contributed by atoms with Gasteiger partial charge in [0.2, 0.25) is 10.0 Å². The fraction of sp³-hybridized carbons (Fsp3) is 0.312. The van der Waals surface area contributed by atoms with E-state index < -0.39 is 21.3 Å². The molecule has 1 aromatic carbocycles. The quantitative estimate of drug-likeness (QED) is 0.706. The predicted octanol–water partition coefficient (Wildman–Crippen LogP) is -0.383. The molecular formula is C16H19N5O4S. The van der Waals surface area contributed by atoms with Crippen molar-refractivity contribution in [2.24, 2.45) is 14.1 Å². The molecule has 0 saturated heterocycles. The van der Waals surface area contributed by atoms with E-state index in [0.717, 1.165) is 10.1 Å². The third kappa shape index (κ3) is 4.01. The molecule has 0 atom stereocenters. The minimum atomic E-state index is -3.35. The molecule has 0 bridgehead atoms. The van der Waals surface area contributed by atoms with Crippen LogP contribution in [0.2, 0.25) is 0 Å². The first-order chi connectivity index (χ1) is 12.2. The lowest BCUT2D eigenvalue weighted by Gasteiger charge is -2.14. The van der Waals surface area contributed by atoms with Gasteiger partial charge in [-0.1, -0.05) is 24.3 Å². The van der Waals surface area contributed by atoms with Gasteiger partial charge in [0.15, 0.2) is 5.56 Å². The minimum Gasteiger partial charge on any atom is -0.366 e. The molecule has 0 saturated carbocycles. The third-order valence-corrected chi connectivity index (χ3v) is 5.26. The topological polar surface area (TPSA) is 126 Å². The Labute approximate surface area is 150 Å². The second kappa shape index (κ2) is 7.55. The highest BCUT2D eigenvalue weighted by Gasteiger charge is 2.15. The molecule has 0 radical (unpaired) electrons. The lowest BCUT2D eigenvalue weighted by atomic mass is 10.1. The Morgan fingerprint density at radius 1 is 1.08 bits per heavy atom. The molecule has 0 aliphatic carbocycles. The highest BCUT2D eigenvalue weighted by molar-refractivity contribution is 7.88. The molecule has 2 N–H and O–H groups in total. The van der Waals surface area contributed by atoms with E-state index in [1.807, 2.05) is 6.07 Å². The van der Waals surface area contributed by atoms with Crippen LogP contribution in [0.3, 0.4) is 0 Å². The Morgan fingerprint density at radius 3 is 2.19 bits per heavy atom. The monoisotopic (exact) mass is 377 g/mol. The van der Waals surface area contributed by atoms with E-state index in [2.05, 4.69) is 10.0 Å². The normalized spacial score (nSPS) is 11.2. The van der Waals surface area contributed by atoms with Crippen molar-refractivity contribution in [3.05, 3.63) is 61.8 Å². The molecule has 2 aromatic rings. The lowest BCUT2D eigenvalue weighted by Crippen LogP contribution is -2.39. The van der Waals surface area contributed by atoms with E-state index in [1.54, 1.807) is 24.3 Å². The molecule has 0 fully saturated rings. The Morgan fingerprint density at radius 2 is 1.65 bits per heavy atom. The summed E-state index contributed by atoms with van der Waals surface area (Å²) in [5.41, 5.74) is 0.0792. The zero-order chi connectivity index (χ0) is 19.5. The summed E-state index contributed by atoms with van der Waals surface area (Å²) in [5.74, 6) is 0.0152. The zero-order valence-electron chi connectivity index (χ0n) is 14.6. The van der Waals surface area contributed by atoms with Gasteiger partial charge in [-0.3, -0.25) is 13.9 Å². The minimum absolute atomic E-state index is 0.126. The van der Waals surface area contributed by atoms with Crippen molar-refractivity contribution in [2.75, 3.05) is 12.4 Å². The maximum atomic E-state index is 12.0. The van der Waals surface area contributed by atoms with Crippen LogP contribution < -0.4 is 21.3 Å². The average molecular weight is 377 g/mol. The molecule has 0 spiro atoms. The van der Waals surface area contributed by atoms with E-state index in [0.29, 0.717) is 5.56 Å². The number of nitrogens with zero attached hydrogens (tertiary/aromatic N) is 3. The number of aromatic nitrogens is 2. The second-order valence-corrected chi connectivity index (χ2v) is 7.60. The van der Waals surface area contributed by atoms with Crippen LogP contribution in [-0.2, 0) is 36.4 Å². The van der Waals surface area contributed by atoms with Gasteiger partial charge in [-0.25, -0.2) is 17.9 Å². The standard InChI is InChI=1S/C16H19N5O4S/c1-18-26(24,25)10-12-6-4-11(5-7-12)9-19-14-13(8-17)15(22)21(3)16(23)20(14)2/h4-7,18-19H,9-10H2,1-3H3. The molecule has 10 heteroatoms. The Hall–Kier alpha value is -2.90. The molecule has 138 valence electrons. The van der Waals surface area contributed by atoms with E-state index in [1.165, 1.54) is 25.7 Å². The molecule has 2 rings (SSSR count). The van der Waals surface area contributed by atoms with Gasteiger partial charge in [0.05, 0.1) is 5.75 Å². The van der Waals surface area contributed by atoms with Gasteiger partial charge in [0.1, 0.15) is 11.9 Å². The molecule has 0 aliphatic heterocycles. The number of benzene rings is 1. The van der Waals surface area contributed by atoms with Crippen molar-refractivity contribution in [1.29, 1.82) is 5.26 Å². The van der Waals surface area contributed by atoms with Crippen LogP contribution in [0.4, 0.5) is 5.82 Å². The smallest absolute Gasteiger partial charge is 0.332 e. The van der Waals surface area contributed by atoms with Gasteiger partial charge in [-0.15, -0.1) is 0 Å². The van der Waals surface area contributed by atoms with Gasteiger partial charge < -0.3 is 5.32 Å². The largest absolute Gasteiger partial charge is 0.366 e. The van der Waals surface area contributed by atoms with Gasteiger partial charge in [0.25, 0.3) is 5.56 Å². The van der Waals surface area contributed by atoms with Crippen LogP contribution in [0.1, 0.15) is 16.7 Å². The summed E-state index contributed by atoms with van der Waals surface area (Å²) in [6.45, 7) is 0.258. The van der Waals surface area contributed by atoms with Crippen molar-refractivity contribution in [1.82, 2.24) is 13.9 Å². The van der Waals surface area contributed by atoms with Crippen LogP contribution in [-0.4, -0.2) is 24.6 Å². The molecule has 9 nitrogen and oxygen atoms in total. The number of nitriles is 1. The van der Waals surface area contributed by atoms with Gasteiger partial charge >= 0.3 is 5.69 Å². The molecule has 0 amide bonds. The summed E-state index contributed by atoms with van der Waals surface area (Å²) >= 11 is 0. The number of hydrogen-bond donors (Lipinski definition) is 2. The summed E-state index contributed by atoms with van der Waals surface area (Å²) in [7, 11) is 0.792.